The fourth-order valence-electron chi connectivity index (χ4n) is 5.51. The second-order valence-electron chi connectivity index (χ2n) is 8.37. The SMILES string of the molecule is O=c1[nH]ccc2cc(-n3nc(-c4nccs4)nc3C3C4(CC4)C34CC4)ccc12. The zero-order valence-electron chi connectivity index (χ0n) is 15.1. The molecule has 0 radical (unpaired) electrons. The summed E-state index contributed by atoms with van der Waals surface area (Å²) in [6, 6.07) is 7.82. The minimum Gasteiger partial charge on any atom is -0.329 e. The number of hydrogen-bond acceptors (Lipinski definition) is 5. The van der Waals surface area contributed by atoms with Crippen LogP contribution in [0.5, 0.6) is 0 Å². The highest BCUT2D eigenvalue weighted by atomic mass is 32.1. The molecule has 0 saturated heterocycles. The Morgan fingerprint density at radius 1 is 1.14 bits per heavy atom. The Morgan fingerprint density at radius 2 is 1.96 bits per heavy atom. The van der Waals surface area contributed by atoms with Gasteiger partial charge in [0.1, 0.15) is 5.82 Å². The highest BCUT2D eigenvalue weighted by molar-refractivity contribution is 7.13. The highest BCUT2D eigenvalue weighted by Crippen LogP contribution is 2.95. The predicted octanol–water partition coefficient (Wildman–Crippen LogP) is 3.89. The van der Waals surface area contributed by atoms with Crippen LogP contribution in [0, 0.1) is 10.8 Å². The third kappa shape index (κ3) is 1.78. The molecule has 3 aliphatic carbocycles. The molecule has 0 aliphatic heterocycles. The average molecular weight is 387 g/mol. The molecule has 6 nitrogen and oxygen atoms in total. The number of pyridine rings is 1. The Labute approximate surface area is 164 Å². The van der Waals surface area contributed by atoms with E-state index in [1.54, 1.807) is 23.7 Å². The molecular weight excluding hydrogens is 370 g/mol. The molecule has 138 valence electrons. The smallest absolute Gasteiger partial charge is 0.255 e. The summed E-state index contributed by atoms with van der Waals surface area (Å²) < 4.78 is 2.01. The normalized spacial score (nSPS) is 20.9. The Balaban J connectivity index is 1.43. The van der Waals surface area contributed by atoms with Crippen molar-refractivity contribution < 1.29 is 0 Å². The minimum atomic E-state index is -0.0672. The molecule has 1 N–H and O–H groups in total. The summed E-state index contributed by atoms with van der Waals surface area (Å²) in [7, 11) is 0. The van der Waals surface area contributed by atoms with E-state index < -0.39 is 0 Å². The maximum absolute atomic E-state index is 12.1. The maximum atomic E-state index is 12.1. The quantitative estimate of drug-likeness (QED) is 0.579. The number of fused-ring (bicyclic) bond motifs is 2. The van der Waals surface area contributed by atoms with Gasteiger partial charge in [-0.3, -0.25) is 4.79 Å². The number of rotatable bonds is 3. The van der Waals surface area contributed by atoms with Gasteiger partial charge < -0.3 is 4.98 Å². The van der Waals surface area contributed by atoms with Crippen LogP contribution < -0.4 is 5.56 Å². The van der Waals surface area contributed by atoms with Crippen LogP contribution in [-0.4, -0.2) is 24.7 Å². The molecule has 7 heteroatoms. The van der Waals surface area contributed by atoms with E-state index in [1.165, 1.54) is 25.7 Å². The maximum Gasteiger partial charge on any atom is 0.255 e. The van der Waals surface area contributed by atoms with Gasteiger partial charge in [-0.15, -0.1) is 16.4 Å². The Kier molecular flexibility index (Phi) is 2.59. The van der Waals surface area contributed by atoms with Gasteiger partial charge in [0.2, 0.25) is 5.82 Å². The van der Waals surface area contributed by atoms with Crippen LogP contribution >= 0.6 is 11.3 Å². The van der Waals surface area contributed by atoms with Crippen LogP contribution in [0.2, 0.25) is 0 Å². The van der Waals surface area contributed by atoms with E-state index in [4.69, 9.17) is 10.1 Å². The van der Waals surface area contributed by atoms with E-state index in [0.717, 1.165) is 21.9 Å². The molecule has 4 aromatic rings. The lowest BCUT2D eigenvalue weighted by molar-refractivity contribution is 0.716. The molecule has 28 heavy (non-hydrogen) atoms. The van der Waals surface area contributed by atoms with E-state index in [0.29, 0.717) is 28.0 Å². The van der Waals surface area contributed by atoms with Gasteiger partial charge in [0.05, 0.1) is 5.69 Å². The summed E-state index contributed by atoms with van der Waals surface area (Å²) in [6.07, 6.45) is 8.78. The van der Waals surface area contributed by atoms with Crippen molar-refractivity contribution in [1.82, 2.24) is 24.7 Å². The van der Waals surface area contributed by atoms with Crippen LogP contribution in [0.25, 0.3) is 27.3 Å². The second kappa shape index (κ2) is 4.78. The molecular formula is C21H17N5OS. The first-order valence-electron chi connectivity index (χ1n) is 9.71. The van der Waals surface area contributed by atoms with Crippen LogP contribution in [-0.2, 0) is 0 Å². The first-order chi connectivity index (χ1) is 13.7. The van der Waals surface area contributed by atoms with Crippen LogP contribution in [0.3, 0.4) is 0 Å². The van der Waals surface area contributed by atoms with Crippen molar-refractivity contribution in [3.05, 3.63) is 58.2 Å². The van der Waals surface area contributed by atoms with Gasteiger partial charge in [-0.1, -0.05) is 0 Å². The van der Waals surface area contributed by atoms with Crippen molar-refractivity contribution in [2.45, 2.75) is 31.6 Å². The minimum absolute atomic E-state index is 0.0672. The fraction of sp³-hybridized carbons (Fsp3) is 0.333. The largest absolute Gasteiger partial charge is 0.329 e. The lowest BCUT2D eigenvalue weighted by Gasteiger charge is -2.07. The zero-order chi connectivity index (χ0) is 18.5. The molecule has 3 aliphatic rings. The number of nitrogens with one attached hydrogen (secondary N) is 1. The number of nitrogens with zero attached hydrogens (tertiary/aromatic N) is 4. The highest BCUT2D eigenvalue weighted by Gasteiger charge is 2.88. The average Bonchev–Trinajstić information content (AvgIpc) is 3.64. The number of H-pyrrole nitrogens is 1. The fourth-order valence-corrected chi connectivity index (χ4v) is 6.08. The Bertz CT molecular complexity index is 1290. The summed E-state index contributed by atoms with van der Waals surface area (Å²) in [5.41, 5.74) is 1.88. The number of benzene rings is 1. The van der Waals surface area contributed by atoms with E-state index in [9.17, 15) is 4.79 Å². The molecule has 0 bridgehead atoms. The Hall–Kier alpha value is -2.80. The molecule has 3 aromatic heterocycles. The summed E-state index contributed by atoms with van der Waals surface area (Å²) in [6.45, 7) is 0. The number of aromatic amines is 1. The van der Waals surface area contributed by atoms with Crippen LogP contribution in [0.15, 0.2) is 46.8 Å². The van der Waals surface area contributed by atoms with Crippen LogP contribution in [0.4, 0.5) is 0 Å². The molecule has 3 saturated carbocycles. The van der Waals surface area contributed by atoms with Gasteiger partial charge in [0.25, 0.3) is 5.56 Å². The summed E-state index contributed by atoms with van der Waals surface area (Å²) >= 11 is 1.57. The van der Waals surface area contributed by atoms with E-state index in [-0.39, 0.29) is 5.56 Å². The summed E-state index contributed by atoms with van der Waals surface area (Å²) in [4.78, 5) is 24.2. The molecule has 2 spiro atoms. The molecule has 3 fully saturated rings. The first-order valence-corrected chi connectivity index (χ1v) is 10.6. The van der Waals surface area contributed by atoms with E-state index in [2.05, 4.69) is 9.97 Å². The summed E-state index contributed by atoms with van der Waals surface area (Å²) in [5.74, 6) is 2.29. The molecule has 0 amide bonds. The summed E-state index contributed by atoms with van der Waals surface area (Å²) in [5, 5.41) is 9.29. The van der Waals surface area contributed by atoms with Gasteiger partial charge in [0, 0.05) is 29.1 Å². The van der Waals surface area contributed by atoms with Crippen molar-refractivity contribution >= 4 is 22.1 Å². The number of aromatic nitrogens is 5. The molecule has 1 aromatic carbocycles. The van der Waals surface area contributed by atoms with E-state index >= 15 is 0 Å². The number of hydrogen-bond donors (Lipinski definition) is 1. The lowest BCUT2D eigenvalue weighted by Crippen LogP contribution is -2.07. The van der Waals surface area contributed by atoms with E-state index in [1.807, 2.05) is 34.3 Å². The number of thiazole rings is 1. The van der Waals surface area contributed by atoms with Crippen LogP contribution in [0.1, 0.15) is 37.4 Å². The topological polar surface area (TPSA) is 76.5 Å². The van der Waals surface area contributed by atoms with Gasteiger partial charge in [-0.2, -0.15) is 0 Å². The Morgan fingerprint density at radius 3 is 2.68 bits per heavy atom. The van der Waals surface area contributed by atoms with Crippen molar-refractivity contribution in [2.75, 3.05) is 0 Å². The van der Waals surface area contributed by atoms with Crippen molar-refractivity contribution in [3.63, 3.8) is 0 Å². The standard InChI is InChI=1S/C21H17N5OS/c27-18-14-2-1-13(11-12(14)3-8-22-18)26-17(15-20(4-5-20)21(15)6-7-21)24-16(25-26)19-23-9-10-28-19/h1-3,8-11,15H,4-7H2,(H,22,27). The van der Waals surface area contributed by atoms with Crippen molar-refractivity contribution in [1.29, 1.82) is 0 Å². The molecule has 0 unspecified atom stereocenters. The predicted molar refractivity (Wildman–Crippen MR) is 107 cm³/mol. The lowest BCUT2D eigenvalue weighted by atomic mass is 10.1. The third-order valence-electron chi connectivity index (χ3n) is 7.11. The molecule has 0 atom stereocenters. The van der Waals surface area contributed by atoms with Gasteiger partial charge in [0.15, 0.2) is 5.01 Å². The van der Waals surface area contributed by atoms with Gasteiger partial charge in [-0.05, 0) is 66.2 Å². The zero-order valence-corrected chi connectivity index (χ0v) is 15.9. The van der Waals surface area contributed by atoms with Gasteiger partial charge in [-0.25, -0.2) is 14.6 Å². The van der Waals surface area contributed by atoms with Gasteiger partial charge >= 0.3 is 0 Å². The first kappa shape index (κ1) is 15.2. The van der Waals surface area contributed by atoms with Crippen molar-refractivity contribution in [3.8, 4) is 16.5 Å². The molecule has 7 rings (SSSR count). The monoisotopic (exact) mass is 387 g/mol. The third-order valence-corrected chi connectivity index (χ3v) is 7.88. The second-order valence-corrected chi connectivity index (χ2v) is 9.26. The molecule has 3 heterocycles. The van der Waals surface area contributed by atoms with Crippen molar-refractivity contribution in [2.24, 2.45) is 10.8 Å².